The van der Waals surface area contributed by atoms with E-state index >= 15 is 0 Å². The molecule has 5 rings (SSSR count). The Morgan fingerprint density at radius 1 is 0.967 bits per heavy atom. The maximum Gasteiger partial charge on any atom is 0.280 e. The van der Waals surface area contributed by atoms with Crippen molar-refractivity contribution in [3.8, 4) is 23.0 Å². The van der Waals surface area contributed by atoms with E-state index in [9.17, 15) is 14.0 Å². The normalized spacial score (nSPS) is 13.2. The van der Waals surface area contributed by atoms with Crippen LogP contribution in [-0.2, 0) is 6.54 Å². The molecule has 4 aromatic rings. The lowest BCUT2D eigenvalue weighted by atomic mass is 10.1. The smallest absolute Gasteiger partial charge is 0.280 e. The summed E-state index contributed by atoms with van der Waals surface area (Å²) >= 11 is 0. The van der Waals surface area contributed by atoms with Crippen LogP contribution in [0.25, 0.3) is 23.0 Å². The molecule has 2 amide bonds. The highest BCUT2D eigenvalue weighted by Crippen LogP contribution is 2.23. The second-order valence-corrected chi connectivity index (χ2v) is 6.61. The van der Waals surface area contributed by atoms with Gasteiger partial charge < -0.3 is 4.52 Å². The summed E-state index contributed by atoms with van der Waals surface area (Å²) in [6.07, 6.45) is 1.57. The molecule has 10 heteroatoms. The minimum atomic E-state index is -0.405. The number of imide groups is 1. The lowest BCUT2D eigenvalue weighted by Gasteiger charge is -2.13. The summed E-state index contributed by atoms with van der Waals surface area (Å²) in [5, 5.41) is 11.8. The highest BCUT2D eigenvalue weighted by molar-refractivity contribution is 6.21. The van der Waals surface area contributed by atoms with Crippen molar-refractivity contribution < 1.29 is 18.5 Å². The lowest BCUT2D eigenvalue weighted by Crippen LogP contribution is -2.33. The molecule has 0 N–H and O–H groups in total. The Labute approximate surface area is 168 Å². The molecule has 0 radical (unpaired) electrons. The van der Waals surface area contributed by atoms with Crippen LogP contribution in [0.1, 0.15) is 20.7 Å². The zero-order chi connectivity index (χ0) is 20.7. The minimum Gasteiger partial charge on any atom is -0.332 e. The Morgan fingerprint density at radius 3 is 2.47 bits per heavy atom. The number of rotatable bonds is 5. The van der Waals surface area contributed by atoms with E-state index in [0.717, 1.165) is 0 Å². The third kappa shape index (κ3) is 3.04. The highest BCUT2D eigenvalue weighted by Gasteiger charge is 2.34. The van der Waals surface area contributed by atoms with Gasteiger partial charge in [-0.2, -0.15) is 4.98 Å². The van der Waals surface area contributed by atoms with Gasteiger partial charge in [-0.15, -0.1) is 5.10 Å². The van der Waals surface area contributed by atoms with Crippen molar-refractivity contribution in [1.82, 2.24) is 30.0 Å². The number of fused-ring (bicyclic) bond motifs is 1. The number of aromatic nitrogens is 5. The Hall–Kier alpha value is -4.21. The topological polar surface area (TPSA) is 107 Å². The predicted molar refractivity (Wildman–Crippen MR) is 101 cm³/mol. The van der Waals surface area contributed by atoms with Crippen LogP contribution in [0.2, 0.25) is 0 Å². The molecule has 0 unspecified atom stereocenters. The molecular weight excluding hydrogens is 391 g/mol. The fourth-order valence-electron chi connectivity index (χ4n) is 3.22. The summed E-state index contributed by atoms with van der Waals surface area (Å²) in [6, 6.07) is 12.5. The van der Waals surface area contributed by atoms with E-state index < -0.39 is 5.82 Å². The van der Waals surface area contributed by atoms with Crippen molar-refractivity contribution in [3.05, 3.63) is 71.7 Å². The van der Waals surface area contributed by atoms with Crippen molar-refractivity contribution in [2.75, 3.05) is 6.54 Å². The molecule has 2 aromatic heterocycles. The van der Waals surface area contributed by atoms with Gasteiger partial charge in [-0.25, -0.2) is 9.07 Å². The molecule has 148 valence electrons. The molecule has 0 atom stereocenters. The molecule has 9 nitrogen and oxygen atoms in total. The lowest BCUT2D eigenvalue weighted by molar-refractivity contribution is 0.0647. The average molecular weight is 404 g/mol. The number of benzene rings is 2. The Kier molecular flexibility index (Phi) is 4.16. The summed E-state index contributed by atoms with van der Waals surface area (Å²) < 4.78 is 20.0. The number of hydrogen-bond donors (Lipinski definition) is 0. The first-order valence-corrected chi connectivity index (χ1v) is 9.05. The van der Waals surface area contributed by atoms with Gasteiger partial charge >= 0.3 is 0 Å². The quantitative estimate of drug-likeness (QED) is 0.470. The van der Waals surface area contributed by atoms with Gasteiger partial charge in [-0.3, -0.25) is 14.5 Å². The van der Waals surface area contributed by atoms with Gasteiger partial charge in [-0.1, -0.05) is 34.6 Å². The zero-order valence-electron chi connectivity index (χ0n) is 15.4. The van der Waals surface area contributed by atoms with Crippen molar-refractivity contribution in [1.29, 1.82) is 0 Å². The Bertz CT molecular complexity index is 1250. The van der Waals surface area contributed by atoms with Crippen molar-refractivity contribution in [2.45, 2.75) is 6.54 Å². The van der Waals surface area contributed by atoms with E-state index in [4.69, 9.17) is 4.52 Å². The largest absolute Gasteiger partial charge is 0.332 e. The molecule has 2 aromatic carbocycles. The molecule has 1 aliphatic rings. The van der Waals surface area contributed by atoms with Crippen molar-refractivity contribution >= 4 is 11.8 Å². The van der Waals surface area contributed by atoms with Gasteiger partial charge in [0.1, 0.15) is 5.82 Å². The third-order valence-corrected chi connectivity index (χ3v) is 4.70. The van der Waals surface area contributed by atoms with E-state index in [1.165, 1.54) is 21.7 Å². The van der Waals surface area contributed by atoms with E-state index in [1.807, 2.05) is 0 Å². The van der Waals surface area contributed by atoms with Gasteiger partial charge in [0.05, 0.1) is 23.9 Å². The first kappa shape index (κ1) is 17.9. The van der Waals surface area contributed by atoms with Crippen molar-refractivity contribution in [3.63, 3.8) is 0 Å². The van der Waals surface area contributed by atoms with Crippen LogP contribution in [0, 0.1) is 5.82 Å². The first-order valence-electron chi connectivity index (χ1n) is 9.05. The van der Waals surface area contributed by atoms with Crippen LogP contribution >= 0.6 is 0 Å². The second kappa shape index (κ2) is 6.99. The SMILES string of the molecule is O=C1c2ccccc2C(=O)N1CCn1cc(-c2nc(-c3cccc(F)c3)no2)nn1. The number of nitrogens with zero attached hydrogens (tertiary/aromatic N) is 6. The summed E-state index contributed by atoms with van der Waals surface area (Å²) in [5.74, 6) is -0.704. The highest BCUT2D eigenvalue weighted by atomic mass is 19.1. The van der Waals surface area contributed by atoms with Crippen LogP contribution in [-0.4, -0.2) is 48.4 Å². The maximum atomic E-state index is 13.4. The monoisotopic (exact) mass is 404 g/mol. The van der Waals surface area contributed by atoms with Crippen LogP contribution in [0.15, 0.2) is 59.3 Å². The number of carbonyl (C=O) groups is 2. The third-order valence-electron chi connectivity index (χ3n) is 4.70. The molecule has 0 spiro atoms. The van der Waals surface area contributed by atoms with Gasteiger partial charge in [0.2, 0.25) is 5.82 Å². The van der Waals surface area contributed by atoms with Crippen LogP contribution in [0.5, 0.6) is 0 Å². The fourth-order valence-corrected chi connectivity index (χ4v) is 3.22. The van der Waals surface area contributed by atoms with Crippen LogP contribution in [0.4, 0.5) is 4.39 Å². The molecule has 0 bridgehead atoms. The molecule has 3 heterocycles. The molecule has 1 aliphatic heterocycles. The molecule has 0 saturated carbocycles. The number of hydrogen-bond acceptors (Lipinski definition) is 7. The number of halogens is 1. The van der Waals surface area contributed by atoms with E-state index in [1.54, 1.807) is 42.6 Å². The van der Waals surface area contributed by atoms with E-state index in [2.05, 4.69) is 20.5 Å². The van der Waals surface area contributed by atoms with Gasteiger partial charge in [-0.05, 0) is 24.3 Å². The minimum absolute atomic E-state index is 0.126. The summed E-state index contributed by atoms with van der Waals surface area (Å²) in [6.45, 7) is 0.400. The summed E-state index contributed by atoms with van der Waals surface area (Å²) in [5.41, 5.74) is 1.60. The maximum absolute atomic E-state index is 13.4. The van der Waals surface area contributed by atoms with Gasteiger partial charge in [0.15, 0.2) is 5.69 Å². The molecule has 0 saturated heterocycles. The fraction of sp³-hybridized carbons (Fsp3) is 0.100. The standard InChI is InChI=1S/C20H13FN6O3/c21-13-5-3-4-12(10-13)17-22-18(30-24-17)16-11-26(25-23-16)8-9-27-19(28)14-6-1-2-7-15(14)20(27)29/h1-7,10-11H,8-9H2. The van der Waals surface area contributed by atoms with E-state index in [-0.39, 0.29) is 36.6 Å². The summed E-state index contributed by atoms with van der Waals surface area (Å²) in [4.78, 5) is 30.2. The average Bonchev–Trinajstić information content (AvgIpc) is 3.47. The van der Waals surface area contributed by atoms with Crippen LogP contribution < -0.4 is 0 Å². The predicted octanol–water partition coefficient (Wildman–Crippen LogP) is 2.43. The van der Waals surface area contributed by atoms with Gasteiger partial charge in [0.25, 0.3) is 17.7 Å². The zero-order valence-corrected chi connectivity index (χ0v) is 15.4. The first-order chi connectivity index (χ1) is 14.6. The van der Waals surface area contributed by atoms with Gasteiger partial charge in [0, 0.05) is 12.1 Å². The Balaban J connectivity index is 1.29. The molecule has 0 aliphatic carbocycles. The Morgan fingerprint density at radius 2 is 1.73 bits per heavy atom. The number of amides is 2. The molecular formula is C20H13FN6O3. The summed E-state index contributed by atoms with van der Waals surface area (Å²) in [7, 11) is 0. The number of carbonyl (C=O) groups excluding carboxylic acids is 2. The molecule has 30 heavy (non-hydrogen) atoms. The van der Waals surface area contributed by atoms with Crippen molar-refractivity contribution in [2.24, 2.45) is 0 Å². The van der Waals surface area contributed by atoms with Crippen LogP contribution in [0.3, 0.4) is 0 Å². The van der Waals surface area contributed by atoms with E-state index in [0.29, 0.717) is 22.4 Å². The molecule has 0 fully saturated rings. The second-order valence-electron chi connectivity index (χ2n) is 6.61.